The Kier molecular flexibility index (Phi) is 5.96. The first-order chi connectivity index (χ1) is 25.3. The summed E-state index contributed by atoms with van der Waals surface area (Å²) in [7, 11) is 0. The lowest BCUT2D eigenvalue weighted by molar-refractivity contribution is 0.673. The average Bonchev–Trinajstić information content (AvgIpc) is 3.86. The Morgan fingerprint density at radius 2 is 0.922 bits per heavy atom. The lowest BCUT2D eigenvalue weighted by Crippen LogP contribution is -2.01. The fourth-order valence-corrected chi connectivity index (χ4v) is 8.36. The molecule has 3 aromatic heterocycles. The fraction of sp³-hybridized carbons (Fsp3) is 0. The molecule has 0 fully saturated rings. The van der Waals surface area contributed by atoms with Crippen molar-refractivity contribution in [2.45, 2.75) is 0 Å². The van der Waals surface area contributed by atoms with Gasteiger partial charge in [0, 0.05) is 43.7 Å². The standard InChI is InChI=1S/C48H30N2O/c1-2-14-31(15-3-1)34-22-13-23-35(47(34)50-41-24-8-4-18-36(41)37-19-5-9-25-42(37)50)32-16-12-17-33(30-32)49-43-26-10-6-21-40(43)46-44(49)29-28-39-38-20-7-11-27-45(38)51-48(39)46/h1-30H. The molecule has 0 N–H and O–H groups in total. The molecule has 0 unspecified atom stereocenters. The Balaban J connectivity index is 1.20. The molecule has 0 atom stereocenters. The lowest BCUT2D eigenvalue weighted by Gasteiger charge is -2.20. The van der Waals surface area contributed by atoms with Crippen molar-refractivity contribution in [3.8, 4) is 33.6 Å². The van der Waals surface area contributed by atoms with Crippen LogP contribution in [0.2, 0.25) is 0 Å². The third-order valence-corrected chi connectivity index (χ3v) is 10.5. The largest absolute Gasteiger partial charge is 0.455 e. The van der Waals surface area contributed by atoms with E-state index < -0.39 is 0 Å². The first kappa shape index (κ1) is 28.0. The average molecular weight is 651 g/mol. The predicted octanol–water partition coefficient (Wildman–Crippen LogP) is 13.1. The molecule has 0 radical (unpaired) electrons. The number of benzene rings is 8. The second-order valence-electron chi connectivity index (χ2n) is 13.3. The summed E-state index contributed by atoms with van der Waals surface area (Å²) in [5, 5.41) is 7.10. The Bertz CT molecular complexity index is 3090. The summed E-state index contributed by atoms with van der Waals surface area (Å²) in [4.78, 5) is 0. The van der Waals surface area contributed by atoms with E-state index in [-0.39, 0.29) is 0 Å². The van der Waals surface area contributed by atoms with Crippen molar-refractivity contribution < 1.29 is 4.42 Å². The maximum atomic E-state index is 6.58. The van der Waals surface area contributed by atoms with Gasteiger partial charge in [-0.1, -0.05) is 133 Å². The fourth-order valence-electron chi connectivity index (χ4n) is 8.36. The third-order valence-electron chi connectivity index (χ3n) is 10.5. The van der Waals surface area contributed by atoms with Crippen LogP contribution in [0.5, 0.6) is 0 Å². The van der Waals surface area contributed by atoms with Gasteiger partial charge in [-0.15, -0.1) is 0 Å². The van der Waals surface area contributed by atoms with E-state index in [4.69, 9.17) is 4.42 Å². The molecular weight excluding hydrogens is 621 g/mol. The van der Waals surface area contributed by atoms with Crippen LogP contribution in [0, 0.1) is 0 Å². The smallest absolute Gasteiger partial charge is 0.145 e. The van der Waals surface area contributed by atoms with Gasteiger partial charge in [0.05, 0.1) is 33.1 Å². The summed E-state index contributed by atoms with van der Waals surface area (Å²) in [6.07, 6.45) is 0. The van der Waals surface area contributed by atoms with Crippen LogP contribution in [0.25, 0.3) is 99.2 Å². The Morgan fingerprint density at radius 1 is 0.353 bits per heavy atom. The molecule has 0 saturated heterocycles. The Hall–Kier alpha value is -6.84. The van der Waals surface area contributed by atoms with Gasteiger partial charge < -0.3 is 13.6 Å². The van der Waals surface area contributed by atoms with Crippen LogP contribution in [0.4, 0.5) is 0 Å². The number of nitrogens with zero attached hydrogens (tertiary/aromatic N) is 2. The molecule has 0 amide bonds. The number of hydrogen-bond acceptors (Lipinski definition) is 1. The van der Waals surface area contributed by atoms with Gasteiger partial charge in [-0.3, -0.25) is 0 Å². The van der Waals surface area contributed by atoms with E-state index in [1.165, 1.54) is 49.6 Å². The highest BCUT2D eigenvalue weighted by molar-refractivity contribution is 6.24. The van der Waals surface area contributed by atoms with E-state index in [1.54, 1.807) is 0 Å². The topological polar surface area (TPSA) is 23.0 Å². The van der Waals surface area contributed by atoms with Gasteiger partial charge in [0.15, 0.2) is 0 Å². The summed E-state index contributed by atoms with van der Waals surface area (Å²) in [6.45, 7) is 0. The molecule has 0 aliphatic rings. The van der Waals surface area contributed by atoms with Crippen molar-refractivity contribution in [2.75, 3.05) is 0 Å². The Labute approximate surface area is 293 Å². The summed E-state index contributed by atoms with van der Waals surface area (Å²) < 4.78 is 11.4. The van der Waals surface area contributed by atoms with Crippen LogP contribution in [-0.4, -0.2) is 9.13 Å². The van der Waals surface area contributed by atoms with Crippen LogP contribution in [0.15, 0.2) is 186 Å². The summed E-state index contributed by atoms with van der Waals surface area (Å²) in [5.41, 5.74) is 13.5. The van der Waals surface area contributed by atoms with Gasteiger partial charge in [0.2, 0.25) is 0 Å². The van der Waals surface area contributed by atoms with Crippen LogP contribution in [0.3, 0.4) is 0 Å². The quantitative estimate of drug-likeness (QED) is 0.186. The minimum atomic E-state index is 0.912. The zero-order valence-electron chi connectivity index (χ0n) is 27.6. The lowest BCUT2D eigenvalue weighted by atomic mass is 9.95. The number of hydrogen-bond donors (Lipinski definition) is 0. The SMILES string of the molecule is c1ccc(-c2cccc(-c3cccc(-n4c5ccccc5c5c6oc7ccccc7c6ccc54)c3)c2-n2c3ccccc3c3ccccc32)cc1. The van der Waals surface area contributed by atoms with Gasteiger partial charge in [0.25, 0.3) is 0 Å². The highest BCUT2D eigenvalue weighted by Crippen LogP contribution is 2.43. The molecule has 0 spiro atoms. The van der Waals surface area contributed by atoms with Crippen LogP contribution < -0.4 is 0 Å². The molecular formula is C48H30N2O. The number of aromatic nitrogens is 2. The van der Waals surface area contributed by atoms with E-state index in [0.29, 0.717) is 0 Å². The third kappa shape index (κ3) is 4.06. The van der Waals surface area contributed by atoms with Gasteiger partial charge >= 0.3 is 0 Å². The molecule has 8 aromatic carbocycles. The number of fused-ring (bicyclic) bond motifs is 10. The van der Waals surface area contributed by atoms with Crippen molar-refractivity contribution in [1.29, 1.82) is 0 Å². The van der Waals surface area contributed by atoms with E-state index in [9.17, 15) is 0 Å². The van der Waals surface area contributed by atoms with Gasteiger partial charge in [0.1, 0.15) is 11.2 Å². The molecule has 11 aromatic rings. The van der Waals surface area contributed by atoms with E-state index in [1.807, 2.05) is 6.07 Å². The van der Waals surface area contributed by atoms with Gasteiger partial charge in [-0.25, -0.2) is 0 Å². The zero-order valence-corrected chi connectivity index (χ0v) is 27.6. The molecule has 11 rings (SSSR count). The molecule has 3 nitrogen and oxygen atoms in total. The first-order valence-electron chi connectivity index (χ1n) is 17.4. The van der Waals surface area contributed by atoms with E-state index >= 15 is 0 Å². The minimum Gasteiger partial charge on any atom is -0.455 e. The number of furan rings is 1. The maximum Gasteiger partial charge on any atom is 0.145 e. The highest BCUT2D eigenvalue weighted by Gasteiger charge is 2.22. The van der Waals surface area contributed by atoms with Crippen molar-refractivity contribution >= 4 is 65.6 Å². The van der Waals surface area contributed by atoms with E-state index in [2.05, 4.69) is 185 Å². The Morgan fingerprint density at radius 3 is 1.67 bits per heavy atom. The van der Waals surface area contributed by atoms with Crippen molar-refractivity contribution in [2.24, 2.45) is 0 Å². The molecule has 0 aliphatic carbocycles. The molecule has 0 aliphatic heterocycles. The van der Waals surface area contributed by atoms with Crippen LogP contribution in [0.1, 0.15) is 0 Å². The first-order valence-corrected chi connectivity index (χ1v) is 17.4. The molecule has 0 saturated carbocycles. The van der Waals surface area contributed by atoms with Crippen molar-refractivity contribution in [3.63, 3.8) is 0 Å². The van der Waals surface area contributed by atoms with Crippen molar-refractivity contribution in [1.82, 2.24) is 9.13 Å². The second kappa shape index (κ2) is 10.8. The normalized spacial score (nSPS) is 11.9. The second-order valence-corrected chi connectivity index (χ2v) is 13.3. The van der Waals surface area contributed by atoms with Crippen LogP contribution >= 0.6 is 0 Å². The molecule has 238 valence electrons. The minimum absolute atomic E-state index is 0.912. The highest BCUT2D eigenvalue weighted by atomic mass is 16.3. The van der Waals surface area contributed by atoms with Crippen LogP contribution in [-0.2, 0) is 0 Å². The van der Waals surface area contributed by atoms with Crippen molar-refractivity contribution in [3.05, 3.63) is 182 Å². The van der Waals surface area contributed by atoms with E-state index in [0.717, 1.165) is 49.6 Å². The summed E-state index contributed by atoms with van der Waals surface area (Å²) in [6, 6.07) is 65.5. The zero-order chi connectivity index (χ0) is 33.5. The predicted molar refractivity (Wildman–Crippen MR) is 213 cm³/mol. The molecule has 3 heteroatoms. The number of para-hydroxylation sites is 5. The molecule has 51 heavy (non-hydrogen) atoms. The summed E-state index contributed by atoms with van der Waals surface area (Å²) >= 11 is 0. The molecule has 3 heterocycles. The van der Waals surface area contributed by atoms with Gasteiger partial charge in [-0.2, -0.15) is 0 Å². The maximum absolute atomic E-state index is 6.58. The number of rotatable bonds is 4. The molecule has 0 bridgehead atoms. The monoisotopic (exact) mass is 650 g/mol. The summed E-state index contributed by atoms with van der Waals surface area (Å²) in [5.74, 6) is 0. The van der Waals surface area contributed by atoms with Gasteiger partial charge in [-0.05, 0) is 59.7 Å².